The van der Waals surface area contributed by atoms with Crippen molar-refractivity contribution < 1.29 is 9.59 Å². The van der Waals surface area contributed by atoms with Crippen molar-refractivity contribution >= 4 is 28.5 Å². The second-order valence-corrected chi connectivity index (χ2v) is 6.03. The zero-order valence-electron chi connectivity index (χ0n) is 14.4. The van der Waals surface area contributed by atoms with Crippen molar-refractivity contribution in [3.63, 3.8) is 0 Å². The van der Waals surface area contributed by atoms with Gasteiger partial charge in [0.1, 0.15) is 5.82 Å². The molecule has 3 aromatic rings. The van der Waals surface area contributed by atoms with Crippen molar-refractivity contribution in [2.24, 2.45) is 0 Å². The van der Waals surface area contributed by atoms with Crippen LogP contribution in [0.2, 0.25) is 0 Å². The molecule has 0 aliphatic carbocycles. The summed E-state index contributed by atoms with van der Waals surface area (Å²) in [4.78, 5) is 35.1. The number of hydrogen-bond acceptors (Lipinski definition) is 5. The van der Waals surface area contributed by atoms with Gasteiger partial charge in [-0.25, -0.2) is 9.97 Å². The fourth-order valence-corrected chi connectivity index (χ4v) is 2.69. The van der Waals surface area contributed by atoms with Crippen LogP contribution in [0.1, 0.15) is 29.8 Å². The number of Topliss-reactive ketones (excluding diaryl/α,β-unsaturated/α-hetero) is 1. The van der Waals surface area contributed by atoms with Crippen LogP contribution in [0, 0.1) is 18.3 Å². The number of carbonyl (C=O) groups excluding carboxylic acids is 2. The summed E-state index contributed by atoms with van der Waals surface area (Å²) in [5.41, 5.74) is 3.59. The van der Waals surface area contributed by atoms with Gasteiger partial charge in [-0.05, 0) is 36.2 Å². The zero-order valence-corrected chi connectivity index (χ0v) is 14.4. The maximum atomic E-state index is 12.6. The number of benzene rings is 1. The number of rotatable bonds is 5. The third-order valence-corrected chi connectivity index (χ3v) is 4.00. The number of nitrogens with zero attached hydrogens (tertiary/aromatic N) is 3. The van der Waals surface area contributed by atoms with Gasteiger partial charge in [-0.2, -0.15) is 5.26 Å². The molecule has 0 spiro atoms. The first-order valence-corrected chi connectivity index (χ1v) is 8.08. The predicted molar refractivity (Wildman–Crippen MR) is 96.4 cm³/mol. The quantitative estimate of drug-likeness (QED) is 0.737. The Morgan fingerprint density at radius 2 is 2.00 bits per heavy atom. The Balaban J connectivity index is 1.79. The smallest absolute Gasteiger partial charge is 0.221 e. The summed E-state index contributed by atoms with van der Waals surface area (Å²) in [5, 5.41) is 12.1. The number of aromatic amines is 1. The number of amides is 1. The fraction of sp³-hybridized carbons (Fsp3) is 0.211. The molecule has 2 aromatic heterocycles. The van der Waals surface area contributed by atoms with Crippen LogP contribution in [0.3, 0.4) is 0 Å². The van der Waals surface area contributed by atoms with E-state index in [1.54, 1.807) is 30.5 Å². The van der Waals surface area contributed by atoms with Crippen LogP contribution in [0.15, 0.2) is 36.5 Å². The van der Waals surface area contributed by atoms with Gasteiger partial charge >= 0.3 is 0 Å². The van der Waals surface area contributed by atoms with E-state index in [9.17, 15) is 14.9 Å². The molecule has 2 N–H and O–H groups in total. The van der Waals surface area contributed by atoms with E-state index in [4.69, 9.17) is 0 Å². The van der Waals surface area contributed by atoms with Gasteiger partial charge in [0.05, 0.1) is 11.6 Å². The Bertz CT molecular complexity index is 1010. The van der Waals surface area contributed by atoms with E-state index in [-0.39, 0.29) is 18.1 Å². The van der Waals surface area contributed by atoms with E-state index < -0.39 is 5.92 Å². The summed E-state index contributed by atoms with van der Waals surface area (Å²) in [6.07, 6.45) is 1.74. The Labute approximate surface area is 150 Å². The van der Waals surface area contributed by atoms with Crippen LogP contribution in [0.4, 0.5) is 5.69 Å². The number of nitriles is 1. The topological polar surface area (TPSA) is 112 Å². The molecule has 0 aliphatic heterocycles. The summed E-state index contributed by atoms with van der Waals surface area (Å²) in [7, 11) is 0. The molecule has 1 aromatic carbocycles. The number of imidazole rings is 1. The van der Waals surface area contributed by atoms with Gasteiger partial charge in [0.25, 0.3) is 0 Å². The molecule has 1 amide bonds. The maximum absolute atomic E-state index is 12.6. The van der Waals surface area contributed by atoms with Crippen LogP contribution in [-0.2, 0) is 16.0 Å². The number of aryl methyl sites for hydroxylation is 1. The van der Waals surface area contributed by atoms with E-state index in [1.807, 2.05) is 19.1 Å². The molecule has 7 nitrogen and oxygen atoms in total. The highest BCUT2D eigenvalue weighted by Gasteiger charge is 2.24. The molecule has 7 heteroatoms. The van der Waals surface area contributed by atoms with Crippen LogP contribution in [0.5, 0.6) is 0 Å². The lowest BCUT2D eigenvalue weighted by atomic mass is 9.98. The van der Waals surface area contributed by atoms with Gasteiger partial charge < -0.3 is 10.3 Å². The van der Waals surface area contributed by atoms with Crippen molar-refractivity contribution in [1.29, 1.82) is 5.26 Å². The van der Waals surface area contributed by atoms with Gasteiger partial charge in [0.15, 0.2) is 17.3 Å². The zero-order chi connectivity index (χ0) is 18.7. The number of carbonyl (C=O) groups is 2. The van der Waals surface area contributed by atoms with Crippen molar-refractivity contribution in [2.45, 2.75) is 26.2 Å². The van der Waals surface area contributed by atoms with Crippen molar-refractivity contribution in [3.05, 3.63) is 53.5 Å². The standard InChI is InChI=1S/C19H17N5O2/c1-11-7-8-21-19-17(11)23-18(24-19)15(10-20)16(26)9-13-3-5-14(6-4-13)22-12(2)25/h3-8,15H,9H2,1-2H3,(H,22,25)(H,21,23,24)/t15-/m0/s1. The molecular formula is C19H17N5O2. The molecule has 0 saturated heterocycles. The molecule has 0 bridgehead atoms. The number of hydrogen-bond donors (Lipinski definition) is 2. The van der Waals surface area contributed by atoms with Crippen LogP contribution in [-0.4, -0.2) is 26.6 Å². The van der Waals surface area contributed by atoms with Crippen LogP contribution in [0.25, 0.3) is 11.2 Å². The van der Waals surface area contributed by atoms with Gasteiger partial charge in [0, 0.05) is 25.2 Å². The van der Waals surface area contributed by atoms with Crippen molar-refractivity contribution in [3.8, 4) is 6.07 Å². The highest BCUT2D eigenvalue weighted by Crippen LogP contribution is 2.21. The minimum absolute atomic E-state index is 0.0992. The molecule has 130 valence electrons. The van der Waals surface area contributed by atoms with Gasteiger partial charge in [-0.3, -0.25) is 9.59 Å². The molecule has 0 aliphatic rings. The second kappa shape index (κ2) is 7.15. The van der Waals surface area contributed by atoms with Crippen LogP contribution < -0.4 is 5.32 Å². The first-order valence-electron chi connectivity index (χ1n) is 8.08. The minimum Gasteiger partial charge on any atom is -0.339 e. The van der Waals surface area contributed by atoms with E-state index in [1.165, 1.54) is 6.92 Å². The number of fused-ring (bicyclic) bond motifs is 1. The summed E-state index contributed by atoms with van der Waals surface area (Å²) < 4.78 is 0. The monoisotopic (exact) mass is 347 g/mol. The minimum atomic E-state index is -0.987. The van der Waals surface area contributed by atoms with E-state index in [2.05, 4.69) is 20.3 Å². The molecule has 3 rings (SSSR count). The summed E-state index contributed by atoms with van der Waals surface area (Å²) >= 11 is 0. The second-order valence-electron chi connectivity index (χ2n) is 6.03. The average molecular weight is 347 g/mol. The first-order chi connectivity index (χ1) is 12.5. The average Bonchev–Trinajstić information content (AvgIpc) is 3.02. The van der Waals surface area contributed by atoms with E-state index >= 15 is 0 Å². The van der Waals surface area contributed by atoms with Gasteiger partial charge in [0.2, 0.25) is 5.91 Å². The number of aromatic nitrogens is 3. The highest BCUT2D eigenvalue weighted by molar-refractivity contribution is 5.91. The summed E-state index contributed by atoms with van der Waals surface area (Å²) in [6, 6.07) is 10.8. The molecule has 26 heavy (non-hydrogen) atoms. The van der Waals surface area contributed by atoms with Crippen molar-refractivity contribution in [2.75, 3.05) is 5.32 Å². The third kappa shape index (κ3) is 3.59. The number of H-pyrrole nitrogens is 1. The summed E-state index contributed by atoms with van der Waals surface area (Å²) in [6.45, 7) is 3.34. The predicted octanol–water partition coefficient (Wildman–Crippen LogP) is 2.64. The molecule has 0 radical (unpaired) electrons. The molecule has 1 atom stereocenters. The lowest BCUT2D eigenvalue weighted by Gasteiger charge is -2.07. The number of nitrogens with one attached hydrogen (secondary N) is 2. The number of anilines is 1. The Morgan fingerprint density at radius 1 is 1.27 bits per heavy atom. The summed E-state index contributed by atoms with van der Waals surface area (Å²) in [5.74, 6) is -1.09. The fourth-order valence-electron chi connectivity index (χ4n) is 2.69. The third-order valence-electron chi connectivity index (χ3n) is 4.00. The van der Waals surface area contributed by atoms with Gasteiger partial charge in [-0.15, -0.1) is 0 Å². The normalized spacial score (nSPS) is 11.7. The SMILES string of the molecule is CC(=O)Nc1ccc(CC(=O)[C@H](C#N)c2nc3nccc(C)c3[nH]2)cc1. The van der Waals surface area contributed by atoms with Crippen LogP contribution >= 0.6 is 0 Å². The van der Waals surface area contributed by atoms with Gasteiger partial charge in [-0.1, -0.05) is 12.1 Å². The van der Waals surface area contributed by atoms with Crippen molar-refractivity contribution in [1.82, 2.24) is 15.0 Å². The Morgan fingerprint density at radius 3 is 2.62 bits per heavy atom. The lowest BCUT2D eigenvalue weighted by Crippen LogP contribution is -2.15. The maximum Gasteiger partial charge on any atom is 0.221 e. The Hall–Kier alpha value is -3.53. The molecular weight excluding hydrogens is 330 g/mol. The van der Waals surface area contributed by atoms with E-state index in [0.29, 0.717) is 17.2 Å². The molecule has 0 saturated carbocycles. The Kier molecular flexibility index (Phi) is 4.76. The van der Waals surface area contributed by atoms with E-state index in [0.717, 1.165) is 16.6 Å². The highest BCUT2D eigenvalue weighted by atomic mass is 16.1. The number of pyridine rings is 1. The lowest BCUT2D eigenvalue weighted by molar-refractivity contribution is -0.119. The largest absolute Gasteiger partial charge is 0.339 e. The number of ketones is 1. The molecule has 0 fully saturated rings. The molecule has 2 heterocycles. The first kappa shape index (κ1) is 17.3. The molecule has 0 unspecified atom stereocenters.